The van der Waals surface area contributed by atoms with Crippen molar-refractivity contribution in [2.45, 2.75) is 13.8 Å². The summed E-state index contributed by atoms with van der Waals surface area (Å²) < 4.78 is 4.91. The van der Waals surface area contributed by atoms with Gasteiger partial charge < -0.3 is 10.1 Å². The highest BCUT2D eigenvalue weighted by Crippen LogP contribution is 2.21. The zero-order chi connectivity index (χ0) is 19.3. The Kier molecular flexibility index (Phi) is 5.79. The molecule has 0 aliphatic carbocycles. The number of carbonyl (C=O) groups excluding carboxylic acids is 3. The smallest absolute Gasteiger partial charge is 0.339 e. The number of amides is 1. The number of rotatable bonds is 6. The number of nitrogens with one attached hydrogen (secondary N) is 1. The Morgan fingerprint density at radius 1 is 1.12 bits per heavy atom. The third-order valence-corrected chi connectivity index (χ3v) is 3.63. The van der Waals surface area contributed by atoms with E-state index in [1.165, 1.54) is 32.0 Å². The van der Waals surface area contributed by atoms with E-state index < -0.39 is 23.4 Å². The number of ketones is 1. The normalized spacial score (nSPS) is 10.1. The number of benzene rings is 2. The molecule has 2 aromatic rings. The van der Waals surface area contributed by atoms with E-state index in [0.29, 0.717) is 11.3 Å². The second-order valence-electron chi connectivity index (χ2n) is 5.46. The van der Waals surface area contributed by atoms with E-state index in [4.69, 9.17) is 4.74 Å². The average molecular weight is 356 g/mol. The third-order valence-electron chi connectivity index (χ3n) is 3.63. The van der Waals surface area contributed by atoms with Crippen LogP contribution < -0.4 is 5.32 Å². The first kappa shape index (κ1) is 18.8. The minimum absolute atomic E-state index is 0.0258. The molecule has 26 heavy (non-hydrogen) atoms. The lowest BCUT2D eigenvalue weighted by molar-refractivity contribution is -0.385. The van der Waals surface area contributed by atoms with Gasteiger partial charge in [-0.2, -0.15) is 0 Å². The van der Waals surface area contributed by atoms with Gasteiger partial charge in [0.2, 0.25) is 0 Å². The molecule has 0 saturated heterocycles. The topological polar surface area (TPSA) is 116 Å². The Morgan fingerprint density at radius 3 is 2.35 bits per heavy atom. The van der Waals surface area contributed by atoms with E-state index in [2.05, 4.69) is 5.32 Å². The molecule has 1 amide bonds. The molecule has 2 rings (SSSR count). The van der Waals surface area contributed by atoms with Gasteiger partial charge in [-0.3, -0.25) is 19.7 Å². The lowest BCUT2D eigenvalue weighted by atomic mass is 10.1. The maximum Gasteiger partial charge on any atom is 0.339 e. The van der Waals surface area contributed by atoms with Gasteiger partial charge in [0.25, 0.3) is 11.6 Å². The number of nitro groups is 1. The molecule has 0 heterocycles. The number of esters is 1. The molecule has 8 heteroatoms. The molecule has 134 valence electrons. The first-order chi connectivity index (χ1) is 12.3. The van der Waals surface area contributed by atoms with Crippen molar-refractivity contribution in [3.8, 4) is 0 Å². The van der Waals surface area contributed by atoms with Crippen LogP contribution in [0.1, 0.15) is 33.2 Å². The maximum atomic E-state index is 12.1. The summed E-state index contributed by atoms with van der Waals surface area (Å²) in [6, 6.07) is 10.3. The molecule has 0 aliphatic rings. The monoisotopic (exact) mass is 356 g/mol. The zero-order valence-electron chi connectivity index (χ0n) is 14.1. The summed E-state index contributed by atoms with van der Waals surface area (Å²) in [5.74, 6) is -1.49. The molecule has 8 nitrogen and oxygen atoms in total. The molecule has 0 radical (unpaired) electrons. The summed E-state index contributed by atoms with van der Waals surface area (Å²) in [7, 11) is 0. The maximum absolute atomic E-state index is 12.1. The van der Waals surface area contributed by atoms with Gasteiger partial charge in [-0.05, 0) is 44.2 Å². The fourth-order valence-corrected chi connectivity index (χ4v) is 2.24. The predicted octanol–water partition coefficient (Wildman–Crippen LogP) is 2.90. The highest BCUT2D eigenvalue weighted by Gasteiger charge is 2.19. The Labute approximate surface area is 148 Å². The van der Waals surface area contributed by atoms with Crippen LogP contribution in [0, 0.1) is 17.0 Å². The van der Waals surface area contributed by atoms with E-state index in [1.54, 1.807) is 24.3 Å². The molecule has 0 saturated carbocycles. The Hall–Kier alpha value is -3.55. The molecule has 0 atom stereocenters. The van der Waals surface area contributed by atoms with Crippen molar-refractivity contribution in [2.75, 3.05) is 11.9 Å². The van der Waals surface area contributed by atoms with E-state index in [9.17, 15) is 24.5 Å². The first-order valence-electron chi connectivity index (χ1n) is 7.61. The minimum Gasteiger partial charge on any atom is -0.452 e. The van der Waals surface area contributed by atoms with Gasteiger partial charge in [0, 0.05) is 22.9 Å². The number of carbonyl (C=O) groups is 3. The van der Waals surface area contributed by atoms with Gasteiger partial charge >= 0.3 is 5.97 Å². The van der Waals surface area contributed by atoms with Gasteiger partial charge in [-0.15, -0.1) is 0 Å². The van der Waals surface area contributed by atoms with E-state index >= 15 is 0 Å². The summed E-state index contributed by atoms with van der Waals surface area (Å²) in [5, 5.41) is 13.4. The molecule has 0 aliphatic heterocycles. The standard InChI is InChI=1S/C18H16N2O6/c1-11-15(4-3-5-16(11)20(24)25)18(23)26-10-17(22)19-14-8-6-13(7-9-14)12(2)21/h3-9H,10H2,1-2H3,(H,19,22). The van der Waals surface area contributed by atoms with Crippen LogP contribution >= 0.6 is 0 Å². The Bertz CT molecular complexity index is 874. The number of hydrogen-bond donors (Lipinski definition) is 1. The highest BCUT2D eigenvalue weighted by molar-refractivity contribution is 5.97. The molecule has 0 unspecified atom stereocenters. The van der Waals surface area contributed by atoms with E-state index in [-0.39, 0.29) is 22.6 Å². The average Bonchev–Trinajstić information content (AvgIpc) is 2.60. The van der Waals surface area contributed by atoms with Crippen LogP contribution in [0.2, 0.25) is 0 Å². The Balaban J connectivity index is 1.97. The van der Waals surface area contributed by atoms with E-state index in [1.807, 2.05) is 0 Å². The van der Waals surface area contributed by atoms with Gasteiger partial charge in [0.15, 0.2) is 12.4 Å². The SMILES string of the molecule is CC(=O)c1ccc(NC(=O)COC(=O)c2cccc([N+](=O)[O-])c2C)cc1. The van der Waals surface area contributed by atoms with Crippen LogP contribution in [0.4, 0.5) is 11.4 Å². The van der Waals surface area contributed by atoms with Crippen LogP contribution in [0.25, 0.3) is 0 Å². The summed E-state index contributed by atoms with van der Waals surface area (Å²) in [4.78, 5) is 45.4. The van der Waals surface area contributed by atoms with Crippen LogP contribution in [-0.4, -0.2) is 29.2 Å². The zero-order valence-corrected chi connectivity index (χ0v) is 14.1. The predicted molar refractivity (Wildman–Crippen MR) is 93.2 cm³/mol. The minimum atomic E-state index is -0.826. The van der Waals surface area contributed by atoms with Crippen LogP contribution in [-0.2, 0) is 9.53 Å². The lowest BCUT2D eigenvalue weighted by Gasteiger charge is -2.08. The summed E-state index contributed by atoms with van der Waals surface area (Å²) in [6.45, 7) is 2.32. The highest BCUT2D eigenvalue weighted by atomic mass is 16.6. The number of ether oxygens (including phenoxy) is 1. The fraction of sp³-hybridized carbons (Fsp3) is 0.167. The fourth-order valence-electron chi connectivity index (χ4n) is 2.24. The van der Waals surface area contributed by atoms with Crippen molar-refractivity contribution in [1.82, 2.24) is 0 Å². The number of nitrogens with zero attached hydrogens (tertiary/aromatic N) is 1. The van der Waals surface area contributed by atoms with Crippen molar-refractivity contribution in [3.05, 3.63) is 69.3 Å². The Morgan fingerprint density at radius 2 is 1.77 bits per heavy atom. The van der Waals surface area contributed by atoms with Gasteiger partial charge in [-0.25, -0.2) is 4.79 Å². The van der Waals surface area contributed by atoms with Crippen molar-refractivity contribution in [1.29, 1.82) is 0 Å². The molecule has 2 aromatic carbocycles. The van der Waals surface area contributed by atoms with Crippen LogP contribution in [0.15, 0.2) is 42.5 Å². The van der Waals surface area contributed by atoms with Gasteiger partial charge in [-0.1, -0.05) is 6.07 Å². The molecule has 0 spiro atoms. The lowest BCUT2D eigenvalue weighted by Crippen LogP contribution is -2.21. The largest absolute Gasteiger partial charge is 0.452 e. The van der Waals surface area contributed by atoms with Crippen molar-refractivity contribution in [3.63, 3.8) is 0 Å². The molecule has 0 fully saturated rings. The van der Waals surface area contributed by atoms with Gasteiger partial charge in [0.05, 0.1) is 10.5 Å². The van der Waals surface area contributed by atoms with Crippen molar-refractivity contribution >= 4 is 29.0 Å². The number of anilines is 1. The molecule has 0 bridgehead atoms. The van der Waals surface area contributed by atoms with Crippen molar-refractivity contribution in [2.24, 2.45) is 0 Å². The van der Waals surface area contributed by atoms with Crippen LogP contribution in [0.3, 0.4) is 0 Å². The quantitative estimate of drug-likeness (QED) is 0.368. The second-order valence-corrected chi connectivity index (χ2v) is 5.46. The van der Waals surface area contributed by atoms with E-state index in [0.717, 1.165) is 0 Å². The molecular weight excluding hydrogens is 340 g/mol. The molecule has 1 N–H and O–H groups in total. The number of nitro benzene ring substituents is 1. The third kappa shape index (κ3) is 4.50. The number of hydrogen-bond acceptors (Lipinski definition) is 6. The number of Topliss-reactive ketones (excluding diaryl/α,β-unsaturated/α-hetero) is 1. The summed E-state index contributed by atoms with van der Waals surface area (Å²) in [5.41, 5.74) is 0.952. The molecular formula is C18H16N2O6. The van der Waals surface area contributed by atoms with Gasteiger partial charge in [0.1, 0.15) is 0 Å². The second kappa shape index (κ2) is 8.02. The molecule has 0 aromatic heterocycles. The van der Waals surface area contributed by atoms with Crippen molar-refractivity contribution < 1.29 is 24.0 Å². The van der Waals surface area contributed by atoms with Crippen LogP contribution in [0.5, 0.6) is 0 Å². The summed E-state index contributed by atoms with van der Waals surface area (Å²) >= 11 is 0. The summed E-state index contributed by atoms with van der Waals surface area (Å²) in [6.07, 6.45) is 0. The first-order valence-corrected chi connectivity index (χ1v) is 7.61.